The lowest BCUT2D eigenvalue weighted by molar-refractivity contribution is 0.0698. The molecule has 0 fully saturated rings. The third-order valence-electron chi connectivity index (χ3n) is 3.24. The number of thiazole rings is 1. The van der Waals surface area contributed by atoms with Crippen molar-refractivity contribution in [1.29, 1.82) is 0 Å². The van der Waals surface area contributed by atoms with Gasteiger partial charge in [-0.2, -0.15) is 0 Å². The minimum absolute atomic E-state index is 0.279. The Hall–Kier alpha value is -1.88. The second kappa shape index (κ2) is 4.66. The molecule has 2 aromatic rings. The third-order valence-corrected chi connectivity index (χ3v) is 4.32. The molecular weight excluding hydrogens is 260 g/mol. The van der Waals surface area contributed by atoms with E-state index in [-0.39, 0.29) is 5.56 Å². The van der Waals surface area contributed by atoms with Gasteiger partial charge in [-0.1, -0.05) is 6.07 Å². The minimum atomic E-state index is -0.924. The summed E-state index contributed by atoms with van der Waals surface area (Å²) >= 11 is 1.63. The SMILES string of the molecule is Cc1ccc(C(=O)O)c(Nc2nc3c(s2)CCC3)c1. The number of nitrogens with one attached hydrogen (secondary N) is 1. The predicted molar refractivity (Wildman–Crippen MR) is 75.6 cm³/mol. The van der Waals surface area contributed by atoms with Gasteiger partial charge in [0.25, 0.3) is 0 Å². The van der Waals surface area contributed by atoms with E-state index >= 15 is 0 Å². The molecule has 4 nitrogen and oxygen atoms in total. The maximum Gasteiger partial charge on any atom is 0.337 e. The zero-order chi connectivity index (χ0) is 13.4. The fourth-order valence-corrected chi connectivity index (χ4v) is 3.37. The van der Waals surface area contributed by atoms with Gasteiger partial charge in [-0.05, 0) is 43.9 Å². The summed E-state index contributed by atoms with van der Waals surface area (Å²) < 4.78 is 0. The van der Waals surface area contributed by atoms with Crippen LogP contribution in [-0.4, -0.2) is 16.1 Å². The van der Waals surface area contributed by atoms with Crippen LogP contribution in [0.2, 0.25) is 0 Å². The fraction of sp³-hybridized carbons (Fsp3) is 0.286. The van der Waals surface area contributed by atoms with E-state index in [0.717, 1.165) is 29.2 Å². The molecule has 0 unspecified atom stereocenters. The average molecular weight is 274 g/mol. The molecule has 0 spiro atoms. The summed E-state index contributed by atoms with van der Waals surface area (Å²) in [4.78, 5) is 17.1. The van der Waals surface area contributed by atoms with Gasteiger partial charge in [0.05, 0.1) is 16.9 Å². The number of carboxylic acid groups (broad SMARTS) is 1. The molecule has 0 amide bonds. The Morgan fingerprint density at radius 3 is 3.00 bits per heavy atom. The minimum Gasteiger partial charge on any atom is -0.478 e. The number of benzene rings is 1. The van der Waals surface area contributed by atoms with Crippen molar-refractivity contribution in [2.45, 2.75) is 26.2 Å². The topological polar surface area (TPSA) is 62.2 Å². The molecule has 1 heterocycles. The number of aromatic carboxylic acids is 1. The molecular formula is C14H14N2O2S. The molecule has 19 heavy (non-hydrogen) atoms. The van der Waals surface area contributed by atoms with Crippen molar-refractivity contribution in [2.24, 2.45) is 0 Å². The lowest BCUT2D eigenvalue weighted by Crippen LogP contribution is -2.03. The summed E-state index contributed by atoms with van der Waals surface area (Å²) in [6.45, 7) is 1.94. The first kappa shape index (κ1) is 12.2. The molecule has 0 atom stereocenters. The molecule has 0 saturated carbocycles. The summed E-state index contributed by atoms with van der Waals surface area (Å²) in [5, 5.41) is 13.1. The molecule has 1 aromatic heterocycles. The summed E-state index contributed by atoms with van der Waals surface area (Å²) in [7, 11) is 0. The van der Waals surface area contributed by atoms with Gasteiger partial charge in [0, 0.05) is 4.88 Å². The van der Waals surface area contributed by atoms with Crippen LogP contribution in [0.3, 0.4) is 0 Å². The van der Waals surface area contributed by atoms with Crippen molar-refractivity contribution in [3.05, 3.63) is 39.9 Å². The van der Waals surface area contributed by atoms with Gasteiger partial charge in [-0.15, -0.1) is 11.3 Å². The van der Waals surface area contributed by atoms with Gasteiger partial charge in [-0.3, -0.25) is 0 Å². The third kappa shape index (κ3) is 2.33. The number of fused-ring (bicyclic) bond motifs is 1. The van der Waals surface area contributed by atoms with Crippen LogP contribution in [0.5, 0.6) is 0 Å². The highest BCUT2D eigenvalue weighted by molar-refractivity contribution is 7.15. The maximum atomic E-state index is 11.2. The number of hydrogen-bond acceptors (Lipinski definition) is 4. The Labute approximate surface area is 115 Å². The lowest BCUT2D eigenvalue weighted by atomic mass is 10.1. The van der Waals surface area contributed by atoms with E-state index in [4.69, 9.17) is 0 Å². The summed E-state index contributed by atoms with van der Waals surface area (Å²) in [6.07, 6.45) is 3.31. The Morgan fingerprint density at radius 2 is 2.26 bits per heavy atom. The van der Waals surface area contributed by atoms with Crippen LogP contribution in [0, 0.1) is 6.92 Å². The number of carboxylic acids is 1. The van der Waals surface area contributed by atoms with Gasteiger partial charge in [-0.25, -0.2) is 9.78 Å². The number of carbonyl (C=O) groups is 1. The number of nitrogens with zero attached hydrogens (tertiary/aromatic N) is 1. The first-order valence-corrected chi connectivity index (χ1v) is 7.04. The van der Waals surface area contributed by atoms with Crippen LogP contribution in [0.1, 0.15) is 32.9 Å². The summed E-state index contributed by atoms with van der Waals surface area (Å²) in [5.41, 5.74) is 3.08. The number of aromatic nitrogens is 1. The Kier molecular flexibility index (Phi) is 2.98. The summed E-state index contributed by atoms with van der Waals surface area (Å²) in [6, 6.07) is 5.27. The maximum absolute atomic E-state index is 11.2. The van der Waals surface area contributed by atoms with Crippen LogP contribution in [0.25, 0.3) is 0 Å². The van der Waals surface area contributed by atoms with Crippen molar-refractivity contribution in [3.63, 3.8) is 0 Å². The molecule has 0 radical (unpaired) electrons. The number of hydrogen-bond donors (Lipinski definition) is 2. The van der Waals surface area contributed by atoms with Crippen molar-refractivity contribution in [1.82, 2.24) is 4.98 Å². The number of rotatable bonds is 3. The van der Waals surface area contributed by atoms with Gasteiger partial charge < -0.3 is 10.4 Å². The van der Waals surface area contributed by atoms with E-state index in [1.54, 1.807) is 23.5 Å². The molecule has 1 aliphatic carbocycles. The Bertz CT molecular complexity index is 627. The van der Waals surface area contributed by atoms with Crippen molar-refractivity contribution < 1.29 is 9.90 Å². The van der Waals surface area contributed by atoms with Gasteiger partial charge >= 0.3 is 5.97 Å². The van der Waals surface area contributed by atoms with Crippen LogP contribution in [-0.2, 0) is 12.8 Å². The molecule has 98 valence electrons. The van der Waals surface area contributed by atoms with Crippen LogP contribution < -0.4 is 5.32 Å². The largest absolute Gasteiger partial charge is 0.478 e. The second-order valence-electron chi connectivity index (χ2n) is 4.72. The van der Waals surface area contributed by atoms with E-state index in [1.807, 2.05) is 13.0 Å². The van der Waals surface area contributed by atoms with Crippen molar-refractivity contribution >= 4 is 28.1 Å². The molecule has 0 saturated heterocycles. The van der Waals surface area contributed by atoms with E-state index in [2.05, 4.69) is 10.3 Å². The molecule has 3 rings (SSSR count). The molecule has 0 aliphatic heterocycles. The van der Waals surface area contributed by atoms with Crippen molar-refractivity contribution in [2.75, 3.05) is 5.32 Å². The van der Waals surface area contributed by atoms with Crippen LogP contribution >= 0.6 is 11.3 Å². The van der Waals surface area contributed by atoms with Gasteiger partial charge in [0.1, 0.15) is 0 Å². The molecule has 2 N–H and O–H groups in total. The smallest absolute Gasteiger partial charge is 0.337 e. The quantitative estimate of drug-likeness (QED) is 0.900. The van der Waals surface area contributed by atoms with Crippen LogP contribution in [0.15, 0.2) is 18.2 Å². The van der Waals surface area contributed by atoms with Gasteiger partial charge in [0.2, 0.25) is 0 Å². The van der Waals surface area contributed by atoms with Crippen LogP contribution in [0.4, 0.5) is 10.8 Å². The monoisotopic (exact) mass is 274 g/mol. The molecule has 1 aromatic carbocycles. The zero-order valence-electron chi connectivity index (χ0n) is 10.6. The average Bonchev–Trinajstić information content (AvgIpc) is 2.89. The normalized spacial score (nSPS) is 13.3. The first-order valence-electron chi connectivity index (χ1n) is 6.23. The molecule has 1 aliphatic rings. The lowest BCUT2D eigenvalue weighted by Gasteiger charge is -2.08. The number of anilines is 2. The highest BCUT2D eigenvalue weighted by Gasteiger charge is 2.18. The highest BCUT2D eigenvalue weighted by Crippen LogP contribution is 2.33. The fourth-order valence-electron chi connectivity index (χ4n) is 2.31. The molecule has 0 bridgehead atoms. The summed E-state index contributed by atoms with van der Waals surface area (Å²) in [5.74, 6) is -0.924. The van der Waals surface area contributed by atoms with Crippen molar-refractivity contribution in [3.8, 4) is 0 Å². The van der Waals surface area contributed by atoms with E-state index < -0.39 is 5.97 Å². The van der Waals surface area contributed by atoms with E-state index in [0.29, 0.717) is 5.69 Å². The predicted octanol–water partition coefficient (Wildman–Crippen LogP) is 3.38. The zero-order valence-corrected chi connectivity index (χ0v) is 11.4. The first-order chi connectivity index (χ1) is 9.13. The van der Waals surface area contributed by atoms with E-state index in [9.17, 15) is 9.90 Å². The number of aryl methyl sites for hydroxylation is 3. The second-order valence-corrected chi connectivity index (χ2v) is 5.81. The standard InChI is InChI=1S/C14H14N2O2S/c1-8-5-6-9(13(17)18)11(7-8)16-14-15-10-3-2-4-12(10)19-14/h5-7H,2-4H2,1H3,(H,15,16)(H,17,18). The Morgan fingerprint density at radius 1 is 1.42 bits per heavy atom. The molecule has 5 heteroatoms. The Balaban J connectivity index is 1.93. The van der Waals surface area contributed by atoms with E-state index in [1.165, 1.54) is 11.3 Å². The van der Waals surface area contributed by atoms with Gasteiger partial charge in [0.15, 0.2) is 5.13 Å². The highest BCUT2D eigenvalue weighted by atomic mass is 32.1.